The molecule has 0 spiro atoms. The number of anilines is 4. The Morgan fingerprint density at radius 2 is 1.71 bits per heavy atom. The molecule has 2 N–H and O–H groups in total. The highest BCUT2D eigenvalue weighted by Crippen LogP contribution is 2.39. The van der Waals surface area contributed by atoms with E-state index >= 15 is 0 Å². The Kier molecular flexibility index (Phi) is 13.0. The number of likely N-dealkylation sites (N-methyl/N-ethyl adjacent to an activating group) is 1. The Morgan fingerprint density at radius 3 is 2.38 bits per heavy atom. The molecular formula is C32H47ClN7O4P. The Morgan fingerprint density at radius 1 is 1.02 bits per heavy atom. The summed E-state index contributed by atoms with van der Waals surface area (Å²) < 4.78 is 30.1. The van der Waals surface area contributed by atoms with E-state index in [0.29, 0.717) is 48.4 Å². The molecule has 11 nitrogen and oxygen atoms in total. The molecule has 1 fully saturated rings. The molecule has 4 rings (SSSR count). The van der Waals surface area contributed by atoms with Gasteiger partial charge in [0.15, 0.2) is 5.82 Å². The second-order valence-corrected chi connectivity index (χ2v) is 15.2. The summed E-state index contributed by atoms with van der Waals surface area (Å²) in [7, 11) is 1.20. The number of aryl methyl sites for hydroxylation is 1. The van der Waals surface area contributed by atoms with Gasteiger partial charge in [-0.05, 0) is 76.0 Å². The molecule has 2 aromatic carbocycles. The zero-order chi connectivity index (χ0) is 32.4. The van der Waals surface area contributed by atoms with E-state index in [-0.39, 0.29) is 0 Å². The minimum atomic E-state index is -2.52. The molecular weight excluding hydrogens is 613 g/mol. The smallest absolute Gasteiger partial charge is 0.229 e. The standard InChI is InChI=1S/C32H47ClN7O4P/c1-7-43-22-39-14-16-40(17-15-39)23-44-21-38(3)13-12-25-19-29(42-4)28(18-24(25)2)36-32-34-20-26(33)31(37-32)35-27-10-8-9-11-30(27)45(5,6)41/h8-11,18-20H,7,12-17,21-23H2,1-6H3,(H2,34,35,36,37). The number of nitrogens with zero attached hydrogens (tertiary/aromatic N) is 5. The van der Waals surface area contributed by atoms with Crippen LogP contribution in [-0.4, -0.2) is 112 Å². The Bertz CT molecular complexity index is 1450. The molecule has 0 radical (unpaired) electrons. The predicted molar refractivity (Wildman–Crippen MR) is 184 cm³/mol. The fourth-order valence-electron chi connectivity index (χ4n) is 5.05. The summed E-state index contributed by atoms with van der Waals surface area (Å²) in [6.45, 7) is 15.1. The summed E-state index contributed by atoms with van der Waals surface area (Å²) in [6, 6.07) is 11.6. The van der Waals surface area contributed by atoms with Crippen LogP contribution in [0.2, 0.25) is 5.02 Å². The number of nitrogens with one attached hydrogen (secondary N) is 2. The second kappa shape index (κ2) is 16.7. The van der Waals surface area contributed by atoms with Crippen LogP contribution in [0.4, 0.5) is 23.1 Å². The maximum absolute atomic E-state index is 12.8. The SMILES string of the molecule is CCOCN1CCN(COCN(C)CCc2cc(OC)c(Nc3ncc(Cl)c(Nc4ccccc4P(C)(C)=O)n3)cc2C)CC1. The minimum absolute atomic E-state index is 0.351. The molecule has 0 bridgehead atoms. The van der Waals surface area contributed by atoms with Crippen LogP contribution in [0.3, 0.4) is 0 Å². The lowest BCUT2D eigenvalue weighted by Crippen LogP contribution is -2.47. The number of benzene rings is 2. The van der Waals surface area contributed by atoms with E-state index in [0.717, 1.165) is 62.3 Å². The molecule has 1 aromatic heterocycles. The molecule has 1 aliphatic rings. The van der Waals surface area contributed by atoms with E-state index in [1.54, 1.807) is 20.4 Å². The van der Waals surface area contributed by atoms with Crippen molar-refractivity contribution in [2.24, 2.45) is 0 Å². The van der Waals surface area contributed by atoms with E-state index in [2.05, 4.69) is 55.3 Å². The first-order valence-electron chi connectivity index (χ1n) is 15.2. The zero-order valence-corrected chi connectivity index (χ0v) is 29.0. The van der Waals surface area contributed by atoms with Gasteiger partial charge in [-0.1, -0.05) is 23.7 Å². The van der Waals surface area contributed by atoms with Gasteiger partial charge in [0, 0.05) is 44.6 Å². The molecule has 0 aliphatic carbocycles. The molecule has 45 heavy (non-hydrogen) atoms. The molecule has 13 heteroatoms. The first kappa shape index (κ1) is 35.1. The van der Waals surface area contributed by atoms with Crippen molar-refractivity contribution >= 4 is 47.2 Å². The van der Waals surface area contributed by atoms with Gasteiger partial charge in [0.2, 0.25) is 5.95 Å². The molecule has 0 saturated carbocycles. The summed E-state index contributed by atoms with van der Waals surface area (Å²) >= 11 is 6.44. The highest BCUT2D eigenvalue weighted by atomic mass is 35.5. The predicted octanol–water partition coefficient (Wildman–Crippen LogP) is 5.20. The molecule has 3 aromatic rings. The topological polar surface area (TPSA) is 104 Å². The van der Waals surface area contributed by atoms with Crippen molar-refractivity contribution in [3.8, 4) is 5.75 Å². The van der Waals surface area contributed by atoms with Crippen molar-refractivity contribution in [1.82, 2.24) is 24.7 Å². The molecule has 0 amide bonds. The second-order valence-electron chi connectivity index (χ2n) is 11.6. The van der Waals surface area contributed by atoms with Crippen molar-refractivity contribution in [2.75, 3.05) is 97.6 Å². The Labute approximate surface area is 272 Å². The van der Waals surface area contributed by atoms with Gasteiger partial charge < -0.3 is 29.4 Å². The maximum Gasteiger partial charge on any atom is 0.229 e. The first-order chi connectivity index (χ1) is 21.6. The molecule has 1 saturated heterocycles. The number of halogens is 1. The summed E-state index contributed by atoms with van der Waals surface area (Å²) in [5.41, 5.74) is 3.76. The minimum Gasteiger partial charge on any atom is -0.495 e. The van der Waals surface area contributed by atoms with Gasteiger partial charge in [-0.2, -0.15) is 4.98 Å². The van der Waals surface area contributed by atoms with Crippen molar-refractivity contribution in [3.63, 3.8) is 0 Å². The third-order valence-corrected chi connectivity index (χ3v) is 9.50. The first-order valence-corrected chi connectivity index (χ1v) is 18.2. The number of piperazine rings is 1. The summed E-state index contributed by atoms with van der Waals surface area (Å²) in [5.74, 6) is 1.46. The number of methoxy groups -OCH3 is 1. The van der Waals surface area contributed by atoms with Gasteiger partial charge in [-0.3, -0.25) is 14.7 Å². The number of hydrogen-bond acceptors (Lipinski definition) is 11. The van der Waals surface area contributed by atoms with E-state index < -0.39 is 7.14 Å². The highest BCUT2D eigenvalue weighted by molar-refractivity contribution is 7.70. The molecule has 246 valence electrons. The van der Waals surface area contributed by atoms with Crippen LogP contribution >= 0.6 is 18.7 Å². The third kappa shape index (κ3) is 10.4. The summed E-state index contributed by atoms with van der Waals surface area (Å²) in [4.78, 5) is 15.8. The van der Waals surface area contributed by atoms with Crippen molar-refractivity contribution in [2.45, 2.75) is 20.3 Å². The molecule has 0 atom stereocenters. The Balaban J connectivity index is 1.32. The van der Waals surface area contributed by atoms with Gasteiger partial charge >= 0.3 is 0 Å². The fourth-order valence-corrected chi connectivity index (χ4v) is 6.34. The van der Waals surface area contributed by atoms with E-state index in [9.17, 15) is 4.57 Å². The van der Waals surface area contributed by atoms with E-state index in [4.69, 9.17) is 25.8 Å². The van der Waals surface area contributed by atoms with Crippen molar-refractivity contribution in [1.29, 1.82) is 0 Å². The average Bonchev–Trinajstić information content (AvgIpc) is 3.01. The number of para-hydroxylation sites is 1. The van der Waals surface area contributed by atoms with Gasteiger partial charge in [-0.25, -0.2) is 4.98 Å². The lowest BCUT2D eigenvalue weighted by atomic mass is 10.0. The monoisotopic (exact) mass is 659 g/mol. The van der Waals surface area contributed by atoms with E-state index in [1.807, 2.05) is 37.3 Å². The van der Waals surface area contributed by atoms with Crippen LogP contribution in [0.25, 0.3) is 0 Å². The zero-order valence-electron chi connectivity index (χ0n) is 27.3. The number of hydrogen-bond donors (Lipinski definition) is 2. The average molecular weight is 660 g/mol. The number of rotatable bonds is 16. The lowest BCUT2D eigenvalue weighted by molar-refractivity contribution is -0.0522. The van der Waals surface area contributed by atoms with Crippen molar-refractivity contribution < 1.29 is 18.8 Å². The Hall–Kier alpha value is -2.76. The third-order valence-electron chi connectivity index (χ3n) is 7.68. The van der Waals surface area contributed by atoms with Gasteiger partial charge in [-0.15, -0.1) is 0 Å². The summed E-state index contributed by atoms with van der Waals surface area (Å²) in [5, 5.41) is 7.60. The van der Waals surface area contributed by atoms with Crippen LogP contribution < -0.4 is 20.7 Å². The van der Waals surface area contributed by atoms with Crippen LogP contribution in [0.1, 0.15) is 18.1 Å². The number of ether oxygens (including phenoxy) is 3. The largest absolute Gasteiger partial charge is 0.495 e. The normalized spacial score (nSPS) is 14.6. The number of aromatic nitrogens is 2. The van der Waals surface area contributed by atoms with Crippen LogP contribution in [0, 0.1) is 6.92 Å². The molecule has 1 aliphatic heterocycles. The van der Waals surface area contributed by atoms with Crippen LogP contribution in [0.15, 0.2) is 42.6 Å². The molecule has 0 unspecified atom stereocenters. The van der Waals surface area contributed by atoms with Crippen LogP contribution in [0.5, 0.6) is 5.75 Å². The van der Waals surface area contributed by atoms with Crippen LogP contribution in [-0.2, 0) is 20.5 Å². The quantitative estimate of drug-likeness (QED) is 0.157. The lowest BCUT2D eigenvalue weighted by Gasteiger charge is -2.34. The fraction of sp³-hybridized carbons (Fsp3) is 0.500. The maximum atomic E-state index is 12.8. The van der Waals surface area contributed by atoms with Gasteiger partial charge in [0.05, 0.1) is 31.4 Å². The van der Waals surface area contributed by atoms with E-state index in [1.165, 1.54) is 11.8 Å². The van der Waals surface area contributed by atoms with Gasteiger partial charge in [0.25, 0.3) is 0 Å². The molecule has 2 heterocycles. The summed E-state index contributed by atoms with van der Waals surface area (Å²) in [6.07, 6.45) is 2.38. The highest BCUT2D eigenvalue weighted by Gasteiger charge is 2.19. The van der Waals surface area contributed by atoms with Gasteiger partial charge in [0.1, 0.15) is 31.4 Å². The van der Waals surface area contributed by atoms with Crippen molar-refractivity contribution in [3.05, 3.63) is 58.7 Å².